The maximum Gasteiger partial charge on any atom is 0.148 e. The second-order valence-electron chi connectivity index (χ2n) is 6.12. The van der Waals surface area contributed by atoms with E-state index in [-0.39, 0.29) is 17.7 Å². The highest BCUT2D eigenvalue weighted by Crippen LogP contribution is 2.37. The third-order valence-corrected chi connectivity index (χ3v) is 4.69. The molecule has 5 heteroatoms. The Morgan fingerprint density at radius 3 is 2.27 bits per heavy atom. The Labute approximate surface area is 155 Å². The van der Waals surface area contributed by atoms with Crippen molar-refractivity contribution >= 4 is 23.0 Å². The molecular formula is C21H15ClF2N2. The molecule has 0 amide bonds. The molecule has 26 heavy (non-hydrogen) atoms. The zero-order valence-electron chi connectivity index (χ0n) is 13.7. The van der Waals surface area contributed by atoms with Crippen LogP contribution in [0.4, 0.5) is 14.5 Å². The minimum Gasteiger partial charge on any atom is -0.254 e. The molecule has 3 aromatic carbocycles. The van der Waals surface area contributed by atoms with Crippen molar-refractivity contribution in [3.63, 3.8) is 0 Å². The summed E-state index contributed by atoms with van der Waals surface area (Å²) in [6.07, 6.45) is 0.585. The lowest BCUT2D eigenvalue weighted by molar-refractivity contribution is 0.603. The van der Waals surface area contributed by atoms with Gasteiger partial charge in [-0.25, -0.2) is 8.78 Å². The van der Waals surface area contributed by atoms with Crippen LogP contribution in [0.3, 0.4) is 0 Å². The van der Waals surface area contributed by atoms with Crippen LogP contribution in [0.15, 0.2) is 77.9 Å². The smallest absolute Gasteiger partial charge is 0.148 e. The highest BCUT2D eigenvalue weighted by Gasteiger charge is 2.31. The van der Waals surface area contributed by atoms with Gasteiger partial charge in [-0.15, -0.1) is 0 Å². The van der Waals surface area contributed by atoms with E-state index in [1.165, 1.54) is 18.2 Å². The van der Waals surface area contributed by atoms with Crippen molar-refractivity contribution in [1.29, 1.82) is 0 Å². The van der Waals surface area contributed by atoms with Gasteiger partial charge in [0.25, 0.3) is 0 Å². The summed E-state index contributed by atoms with van der Waals surface area (Å²) in [4.78, 5) is 0. The summed E-state index contributed by atoms with van der Waals surface area (Å²) in [6.45, 7) is 0. The van der Waals surface area contributed by atoms with Crippen LogP contribution < -0.4 is 5.01 Å². The summed E-state index contributed by atoms with van der Waals surface area (Å²) in [5.41, 5.74) is 3.03. The van der Waals surface area contributed by atoms with Crippen LogP contribution in [-0.2, 0) is 0 Å². The van der Waals surface area contributed by atoms with E-state index in [2.05, 4.69) is 5.10 Å². The Morgan fingerprint density at radius 2 is 1.58 bits per heavy atom. The summed E-state index contributed by atoms with van der Waals surface area (Å²) < 4.78 is 27.7. The minimum absolute atomic E-state index is 0.210. The number of benzene rings is 3. The molecule has 0 aromatic heterocycles. The molecule has 0 unspecified atom stereocenters. The van der Waals surface area contributed by atoms with Crippen molar-refractivity contribution in [2.45, 2.75) is 12.5 Å². The third kappa shape index (κ3) is 3.20. The standard InChI is InChI=1S/C21H15ClF2N2/c22-16-9-5-14(6-10-16)19-13-21(15-7-11-17(23)12-8-15)26(25-19)20-4-2-1-3-18(20)24/h1-12,21H,13H2/t21-/m1/s1. The highest BCUT2D eigenvalue weighted by atomic mass is 35.5. The number of para-hydroxylation sites is 1. The molecule has 0 saturated carbocycles. The monoisotopic (exact) mass is 368 g/mol. The third-order valence-electron chi connectivity index (χ3n) is 4.44. The lowest BCUT2D eigenvalue weighted by atomic mass is 9.98. The van der Waals surface area contributed by atoms with Crippen molar-refractivity contribution < 1.29 is 8.78 Å². The molecule has 0 aliphatic carbocycles. The first-order chi connectivity index (χ1) is 12.6. The minimum atomic E-state index is -0.347. The van der Waals surface area contributed by atoms with Gasteiger partial charge in [0.1, 0.15) is 11.6 Å². The van der Waals surface area contributed by atoms with E-state index in [0.717, 1.165) is 16.8 Å². The highest BCUT2D eigenvalue weighted by molar-refractivity contribution is 6.30. The molecular weight excluding hydrogens is 354 g/mol. The van der Waals surface area contributed by atoms with E-state index in [9.17, 15) is 8.78 Å². The zero-order chi connectivity index (χ0) is 18.1. The Bertz CT molecular complexity index is 953. The number of hydrazone groups is 1. The fourth-order valence-electron chi connectivity index (χ4n) is 3.13. The fourth-order valence-corrected chi connectivity index (χ4v) is 3.26. The van der Waals surface area contributed by atoms with Crippen LogP contribution >= 0.6 is 11.6 Å². The molecule has 0 saturated heterocycles. The van der Waals surface area contributed by atoms with Crippen LogP contribution in [0.5, 0.6) is 0 Å². The number of anilines is 1. The summed E-state index contributed by atoms with van der Waals surface area (Å²) >= 11 is 5.97. The number of nitrogens with zero attached hydrogens (tertiary/aromatic N) is 2. The second-order valence-corrected chi connectivity index (χ2v) is 6.56. The fraction of sp³-hybridized carbons (Fsp3) is 0.0952. The Hall–Kier alpha value is -2.72. The molecule has 130 valence electrons. The second kappa shape index (κ2) is 6.89. The zero-order valence-corrected chi connectivity index (χ0v) is 14.5. The van der Waals surface area contributed by atoms with E-state index in [0.29, 0.717) is 17.1 Å². The first-order valence-electron chi connectivity index (χ1n) is 8.24. The van der Waals surface area contributed by atoms with Crippen LogP contribution in [0, 0.1) is 11.6 Å². The van der Waals surface area contributed by atoms with Crippen LogP contribution in [0.2, 0.25) is 5.02 Å². The lowest BCUT2D eigenvalue weighted by Gasteiger charge is -2.24. The summed E-state index contributed by atoms with van der Waals surface area (Å²) in [7, 11) is 0. The molecule has 1 aliphatic heterocycles. The topological polar surface area (TPSA) is 15.6 Å². The van der Waals surface area contributed by atoms with Crippen LogP contribution in [-0.4, -0.2) is 5.71 Å². The Balaban J connectivity index is 1.77. The van der Waals surface area contributed by atoms with E-state index >= 15 is 0 Å². The van der Waals surface area contributed by atoms with Gasteiger partial charge in [-0.1, -0.05) is 48.0 Å². The van der Waals surface area contributed by atoms with Crippen molar-refractivity contribution in [1.82, 2.24) is 0 Å². The van der Waals surface area contributed by atoms with Crippen molar-refractivity contribution in [2.75, 3.05) is 5.01 Å². The van der Waals surface area contributed by atoms with Gasteiger partial charge in [-0.05, 0) is 47.5 Å². The van der Waals surface area contributed by atoms with E-state index < -0.39 is 0 Å². The molecule has 0 bridgehead atoms. The molecule has 0 fully saturated rings. The average molecular weight is 369 g/mol. The molecule has 2 nitrogen and oxygen atoms in total. The molecule has 1 atom stereocenters. The van der Waals surface area contributed by atoms with Gasteiger partial charge in [0.2, 0.25) is 0 Å². The van der Waals surface area contributed by atoms with Crippen LogP contribution in [0.25, 0.3) is 0 Å². The van der Waals surface area contributed by atoms with Gasteiger partial charge in [-0.3, -0.25) is 5.01 Å². The van der Waals surface area contributed by atoms with Crippen LogP contribution in [0.1, 0.15) is 23.6 Å². The SMILES string of the molecule is Fc1ccc([C@H]2CC(c3ccc(Cl)cc3)=NN2c2ccccc2F)cc1. The summed E-state index contributed by atoms with van der Waals surface area (Å²) in [5, 5.41) is 6.99. The number of rotatable bonds is 3. The van der Waals surface area contributed by atoms with E-state index in [1.54, 1.807) is 47.5 Å². The quantitative estimate of drug-likeness (QED) is 0.555. The van der Waals surface area contributed by atoms with Gasteiger partial charge in [0.05, 0.1) is 17.4 Å². The molecule has 1 aliphatic rings. The first kappa shape index (κ1) is 16.7. The number of halogens is 3. The van der Waals surface area contributed by atoms with E-state index in [4.69, 9.17) is 11.6 Å². The van der Waals surface area contributed by atoms with Gasteiger partial charge >= 0.3 is 0 Å². The first-order valence-corrected chi connectivity index (χ1v) is 8.62. The maximum atomic E-state index is 14.4. The number of hydrogen-bond donors (Lipinski definition) is 0. The Kier molecular flexibility index (Phi) is 4.43. The Morgan fingerprint density at radius 1 is 0.885 bits per heavy atom. The van der Waals surface area contributed by atoms with Gasteiger partial charge < -0.3 is 0 Å². The molecule has 3 aromatic rings. The lowest BCUT2D eigenvalue weighted by Crippen LogP contribution is -2.19. The van der Waals surface area contributed by atoms with Crippen molar-refractivity contribution in [3.05, 3.63) is 101 Å². The molecule has 0 N–H and O–H groups in total. The van der Waals surface area contributed by atoms with Gasteiger partial charge in [0, 0.05) is 11.4 Å². The average Bonchev–Trinajstić information content (AvgIpc) is 3.08. The predicted octanol–water partition coefficient (Wildman–Crippen LogP) is 5.97. The van der Waals surface area contributed by atoms with Crippen molar-refractivity contribution in [2.24, 2.45) is 5.10 Å². The molecule has 1 heterocycles. The summed E-state index contributed by atoms with van der Waals surface area (Å²) in [6, 6.07) is 20.0. The van der Waals surface area contributed by atoms with E-state index in [1.807, 2.05) is 12.1 Å². The normalized spacial score (nSPS) is 16.7. The predicted molar refractivity (Wildman–Crippen MR) is 101 cm³/mol. The molecule has 0 radical (unpaired) electrons. The van der Waals surface area contributed by atoms with Gasteiger partial charge in [-0.2, -0.15) is 5.10 Å². The number of hydrogen-bond acceptors (Lipinski definition) is 2. The van der Waals surface area contributed by atoms with Gasteiger partial charge in [0.15, 0.2) is 0 Å². The van der Waals surface area contributed by atoms with Crippen molar-refractivity contribution in [3.8, 4) is 0 Å². The largest absolute Gasteiger partial charge is 0.254 e. The summed E-state index contributed by atoms with van der Waals surface area (Å²) in [5.74, 6) is -0.649. The molecule has 4 rings (SSSR count). The molecule has 0 spiro atoms. The maximum absolute atomic E-state index is 14.4.